The highest BCUT2D eigenvalue weighted by Crippen LogP contribution is 2.28. The van der Waals surface area contributed by atoms with Gasteiger partial charge in [-0.2, -0.15) is 0 Å². The molecule has 1 aliphatic rings. The summed E-state index contributed by atoms with van der Waals surface area (Å²) in [4.78, 5) is 24.1. The third kappa shape index (κ3) is 5.08. The smallest absolute Gasteiger partial charge is 0.220 e. The van der Waals surface area contributed by atoms with E-state index in [0.29, 0.717) is 12.8 Å². The highest BCUT2D eigenvalue weighted by molar-refractivity contribution is 7.12. The molecule has 0 aromatic carbocycles. The average molecular weight is 293 g/mol. The molecular weight excluding hydrogens is 270 g/mol. The van der Waals surface area contributed by atoms with Gasteiger partial charge < -0.3 is 5.32 Å². The number of ketones is 1. The second kappa shape index (κ2) is 8.20. The molecule has 2 rings (SSSR count). The lowest BCUT2D eigenvalue weighted by Crippen LogP contribution is -2.25. The summed E-state index contributed by atoms with van der Waals surface area (Å²) < 4.78 is 0. The van der Waals surface area contributed by atoms with Crippen LogP contribution in [0, 0.1) is 5.92 Å². The molecule has 4 heteroatoms. The Hall–Kier alpha value is -1.16. The van der Waals surface area contributed by atoms with Crippen molar-refractivity contribution in [2.75, 3.05) is 6.54 Å². The van der Waals surface area contributed by atoms with E-state index in [1.807, 2.05) is 17.5 Å². The fourth-order valence-corrected chi connectivity index (χ4v) is 3.49. The van der Waals surface area contributed by atoms with Crippen molar-refractivity contribution in [1.82, 2.24) is 5.32 Å². The predicted octanol–water partition coefficient (Wildman–Crippen LogP) is 3.80. The number of amides is 1. The van der Waals surface area contributed by atoms with Gasteiger partial charge in [-0.25, -0.2) is 0 Å². The molecular formula is C16H23NO2S. The highest BCUT2D eigenvalue weighted by Gasteiger charge is 2.14. The largest absolute Gasteiger partial charge is 0.356 e. The van der Waals surface area contributed by atoms with E-state index >= 15 is 0 Å². The van der Waals surface area contributed by atoms with Crippen LogP contribution in [-0.2, 0) is 4.79 Å². The van der Waals surface area contributed by atoms with Crippen molar-refractivity contribution in [1.29, 1.82) is 0 Å². The fourth-order valence-electron chi connectivity index (χ4n) is 2.79. The van der Waals surface area contributed by atoms with Crippen LogP contribution in [0.1, 0.15) is 61.0 Å². The van der Waals surface area contributed by atoms with Crippen molar-refractivity contribution in [3.63, 3.8) is 0 Å². The molecule has 1 aliphatic carbocycles. The number of carbonyl (C=O) groups is 2. The number of rotatable bonds is 8. The summed E-state index contributed by atoms with van der Waals surface area (Å²) in [5.74, 6) is 0.953. The minimum atomic E-state index is 0.00123. The molecule has 1 fully saturated rings. The summed E-state index contributed by atoms with van der Waals surface area (Å²) in [7, 11) is 0. The quantitative estimate of drug-likeness (QED) is 0.585. The number of hydrogen-bond acceptors (Lipinski definition) is 3. The standard InChI is InChI=1S/C16H23NO2S/c18-14(15-8-4-12-20-15)9-10-16(19)17-11-3-7-13-5-1-2-6-13/h4,8,12-13H,1-3,5-7,9-11H2,(H,17,19). The second-order valence-electron chi connectivity index (χ2n) is 5.54. The maximum absolute atomic E-state index is 11.7. The van der Waals surface area contributed by atoms with Crippen LogP contribution in [-0.4, -0.2) is 18.2 Å². The fraction of sp³-hybridized carbons (Fsp3) is 0.625. The van der Waals surface area contributed by atoms with E-state index in [0.717, 1.165) is 23.8 Å². The molecule has 1 saturated carbocycles. The summed E-state index contributed by atoms with van der Waals surface area (Å²) in [5, 5.41) is 4.80. The summed E-state index contributed by atoms with van der Waals surface area (Å²) in [6, 6.07) is 3.67. The minimum Gasteiger partial charge on any atom is -0.356 e. The molecule has 0 atom stereocenters. The topological polar surface area (TPSA) is 46.2 Å². The molecule has 0 aliphatic heterocycles. The Balaban J connectivity index is 1.53. The Labute approximate surface area is 124 Å². The minimum absolute atomic E-state index is 0.00123. The first-order valence-corrected chi connectivity index (χ1v) is 8.47. The highest BCUT2D eigenvalue weighted by atomic mass is 32.1. The lowest BCUT2D eigenvalue weighted by atomic mass is 10.0. The zero-order chi connectivity index (χ0) is 14.2. The molecule has 0 radical (unpaired) electrons. The third-order valence-corrected chi connectivity index (χ3v) is 4.87. The van der Waals surface area contributed by atoms with Gasteiger partial charge in [0.1, 0.15) is 0 Å². The lowest BCUT2D eigenvalue weighted by Gasteiger charge is -2.09. The van der Waals surface area contributed by atoms with Crippen molar-refractivity contribution < 1.29 is 9.59 Å². The number of Topliss-reactive ketones (excluding diaryl/α,β-unsaturated/α-hetero) is 1. The zero-order valence-electron chi connectivity index (χ0n) is 11.9. The van der Waals surface area contributed by atoms with Crippen molar-refractivity contribution in [3.8, 4) is 0 Å². The molecule has 1 amide bonds. The molecule has 3 nitrogen and oxygen atoms in total. The molecule has 1 heterocycles. The third-order valence-electron chi connectivity index (χ3n) is 3.96. The molecule has 0 unspecified atom stereocenters. The summed E-state index contributed by atoms with van der Waals surface area (Å²) in [6.07, 6.45) is 8.40. The zero-order valence-corrected chi connectivity index (χ0v) is 12.7. The summed E-state index contributed by atoms with van der Waals surface area (Å²) in [5.41, 5.74) is 0. The number of nitrogens with one attached hydrogen (secondary N) is 1. The van der Waals surface area contributed by atoms with Gasteiger partial charge in [-0.05, 0) is 30.2 Å². The van der Waals surface area contributed by atoms with Crippen molar-refractivity contribution in [2.24, 2.45) is 5.92 Å². The number of hydrogen-bond donors (Lipinski definition) is 1. The van der Waals surface area contributed by atoms with Gasteiger partial charge in [0.25, 0.3) is 0 Å². The number of carbonyl (C=O) groups excluding carboxylic acids is 2. The maximum atomic E-state index is 11.7. The number of thiophene rings is 1. The molecule has 0 spiro atoms. The van der Waals surface area contributed by atoms with E-state index in [4.69, 9.17) is 0 Å². The van der Waals surface area contributed by atoms with Gasteiger partial charge in [-0.15, -0.1) is 11.3 Å². The first-order valence-electron chi connectivity index (χ1n) is 7.59. The van der Waals surface area contributed by atoms with Crippen molar-refractivity contribution in [3.05, 3.63) is 22.4 Å². The molecule has 110 valence electrons. The van der Waals surface area contributed by atoms with Crippen LogP contribution in [0.4, 0.5) is 0 Å². The van der Waals surface area contributed by atoms with Crippen molar-refractivity contribution >= 4 is 23.0 Å². The summed E-state index contributed by atoms with van der Waals surface area (Å²) in [6.45, 7) is 0.753. The van der Waals surface area contributed by atoms with Crippen molar-refractivity contribution in [2.45, 2.75) is 51.4 Å². The lowest BCUT2D eigenvalue weighted by molar-refractivity contribution is -0.121. The van der Waals surface area contributed by atoms with Crippen LogP contribution in [0.25, 0.3) is 0 Å². The molecule has 0 saturated heterocycles. The van der Waals surface area contributed by atoms with Gasteiger partial charge in [-0.1, -0.05) is 31.7 Å². The second-order valence-corrected chi connectivity index (χ2v) is 6.49. The van der Waals surface area contributed by atoms with E-state index in [2.05, 4.69) is 5.32 Å². The van der Waals surface area contributed by atoms with E-state index in [-0.39, 0.29) is 11.7 Å². The van der Waals surface area contributed by atoms with Gasteiger partial charge in [0.15, 0.2) is 5.78 Å². The van der Waals surface area contributed by atoms with E-state index in [9.17, 15) is 9.59 Å². The van der Waals surface area contributed by atoms with E-state index in [1.165, 1.54) is 43.4 Å². The average Bonchev–Trinajstić information content (AvgIpc) is 3.13. The first kappa shape index (κ1) is 15.2. The van der Waals surface area contributed by atoms with E-state index < -0.39 is 0 Å². The Morgan fingerprint density at radius 1 is 1.25 bits per heavy atom. The van der Waals surface area contributed by atoms with Gasteiger partial charge in [0, 0.05) is 19.4 Å². The molecule has 20 heavy (non-hydrogen) atoms. The van der Waals surface area contributed by atoms with E-state index in [1.54, 1.807) is 0 Å². The van der Waals surface area contributed by atoms with Gasteiger partial charge >= 0.3 is 0 Å². The van der Waals surface area contributed by atoms with Crippen LogP contribution in [0.3, 0.4) is 0 Å². The molecule has 0 bridgehead atoms. The van der Waals surface area contributed by atoms with Gasteiger partial charge in [0.2, 0.25) is 5.91 Å². The molecule has 1 aromatic heterocycles. The SMILES string of the molecule is O=C(CCC(=O)c1cccs1)NCCCC1CCCC1. The Kier molecular flexibility index (Phi) is 6.25. The predicted molar refractivity (Wildman–Crippen MR) is 82.1 cm³/mol. The van der Waals surface area contributed by atoms with Crippen LogP contribution >= 0.6 is 11.3 Å². The first-order chi connectivity index (χ1) is 9.75. The van der Waals surface area contributed by atoms with Crippen LogP contribution in [0.2, 0.25) is 0 Å². The Bertz CT molecular complexity index is 422. The maximum Gasteiger partial charge on any atom is 0.220 e. The Morgan fingerprint density at radius 3 is 2.75 bits per heavy atom. The van der Waals surface area contributed by atoms with Gasteiger partial charge in [-0.3, -0.25) is 9.59 Å². The Morgan fingerprint density at radius 2 is 2.05 bits per heavy atom. The molecule has 1 N–H and O–H groups in total. The molecule has 1 aromatic rings. The van der Waals surface area contributed by atoms with Crippen LogP contribution in [0.15, 0.2) is 17.5 Å². The normalized spacial score (nSPS) is 15.4. The summed E-state index contributed by atoms with van der Waals surface area (Å²) >= 11 is 1.44. The van der Waals surface area contributed by atoms with Crippen LogP contribution < -0.4 is 5.32 Å². The van der Waals surface area contributed by atoms with Gasteiger partial charge in [0.05, 0.1) is 4.88 Å². The van der Waals surface area contributed by atoms with Crippen LogP contribution in [0.5, 0.6) is 0 Å². The monoisotopic (exact) mass is 293 g/mol.